The molecule has 5 nitrogen and oxygen atoms in total. The van der Waals surface area contributed by atoms with Gasteiger partial charge in [-0.3, -0.25) is 0 Å². The minimum atomic E-state index is 0.806. The van der Waals surface area contributed by atoms with E-state index in [1.807, 2.05) is 36.7 Å². The van der Waals surface area contributed by atoms with Gasteiger partial charge in [0.05, 0.1) is 17.6 Å². The summed E-state index contributed by atoms with van der Waals surface area (Å²) >= 11 is 0. The van der Waals surface area contributed by atoms with Gasteiger partial charge in [0.15, 0.2) is 5.82 Å². The fourth-order valence-electron chi connectivity index (χ4n) is 2.76. The molecule has 4 rings (SSSR count). The molecule has 1 aliphatic heterocycles. The van der Waals surface area contributed by atoms with Gasteiger partial charge in [0.1, 0.15) is 0 Å². The lowest BCUT2D eigenvalue weighted by atomic mass is 10.1. The second-order valence-corrected chi connectivity index (χ2v) is 5.49. The van der Waals surface area contributed by atoms with Crippen molar-refractivity contribution in [2.24, 2.45) is 0 Å². The Morgan fingerprint density at radius 2 is 2.09 bits per heavy atom. The maximum absolute atomic E-state index is 4.44. The molecule has 0 unspecified atom stereocenters. The van der Waals surface area contributed by atoms with Crippen LogP contribution in [0.15, 0.2) is 67.3 Å². The third kappa shape index (κ3) is 2.57. The Morgan fingerprint density at radius 3 is 2.96 bits per heavy atom. The smallest absolute Gasteiger partial charge is 0.153 e. The summed E-state index contributed by atoms with van der Waals surface area (Å²) in [5.41, 5.74) is 5.33. The Bertz CT molecular complexity index is 851. The van der Waals surface area contributed by atoms with Crippen molar-refractivity contribution in [3.8, 4) is 16.9 Å². The molecule has 0 radical (unpaired) electrons. The van der Waals surface area contributed by atoms with Crippen molar-refractivity contribution in [1.82, 2.24) is 14.8 Å². The Labute approximate surface area is 134 Å². The van der Waals surface area contributed by atoms with Crippen molar-refractivity contribution in [3.63, 3.8) is 0 Å². The molecule has 0 saturated heterocycles. The Hall–Kier alpha value is -3.08. The summed E-state index contributed by atoms with van der Waals surface area (Å²) in [6.45, 7) is 4.91. The normalized spacial score (nSPS) is 13.7. The second-order valence-electron chi connectivity index (χ2n) is 5.49. The molecule has 0 bridgehead atoms. The Kier molecular flexibility index (Phi) is 3.31. The summed E-state index contributed by atoms with van der Waals surface area (Å²) in [4.78, 5) is 4.33. The van der Waals surface area contributed by atoms with Crippen LogP contribution in [0.3, 0.4) is 0 Å². The molecule has 0 amide bonds. The first-order valence-electron chi connectivity index (χ1n) is 7.59. The molecule has 0 atom stereocenters. The number of aromatic nitrogens is 3. The molecule has 0 aliphatic carbocycles. The first-order chi connectivity index (χ1) is 11.3. The van der Waals surface area contributed by atoms with Gasteiger partial charge in [0.25, 0.3) is 0 Å². The SMILES string of the molecule is C=C1CCNc2c(cccc2-c2cnn(-c3ccccn3)c2)N1. The summed E-state index contributed by atoms with van der Waals surface area (Å²) in [7, 11) is 0. The van der Waals surface area contributed by atoms with Gasteiger partial charge in [-0.05, 0) is 18.2 Å². The third-order valence-electron chi connectivity index (χ3n) is 3.88. The van der Waals surface area contributed by atoms with Crippen LogP contribution in [0.4, 0.5) is 11.4 Å². The van der Waals surface area contributed by atoms with Crippen LogP contribution in [-0.4, -0.2) is 21.3 Å². The van der Waals surface area contributed by atoms with E-state index in [4.69, 9.17) is 0 Å². The van der Waals surface area contributed by atoms with Crippen LogP contribution < -0.4 is 10.6 Å². The number of anilines is 2. The molecule has 2 aromatic heterocycles. The average molecular weight is 303 g/mol. The number of para-hydroxylation sites is 1. The van der Waals surface area contributed by atoms with E-state index in [0.29, 0.717) is 0 Å². The van der Waals surface area contributed by atoms with Gasteiger partial charge >= 0.3 is 0 Å². The van der Waals surface area contributed by atoms with Crippen molar-refractivity contribution in [2.45, 2.75) is 6.42 Å². The molecule has 0 spiro atoms. The highest BCUT2D eigenvalue weighted by molar-refractivity contribution is 5.88. The number of hydrogen-bond donors (Lipinski definition) is 2. The number of benzene rings is 1. The lowest BCUT2D eigenvalue weighted by molar-refractivity contribution is 0.847. The van der Waals surface area contributed by atoms with Crippen molar-refractivity contribution in [3.05, 3.63) is 67.3 Å². The topological polar surface area (TPSA) is 54.8 Å². The fourth-order valence-corrected chi connectivity index (χ4v) is 2.76. The first kappa shape index (κ1) is 13.6. The van der Waals surface area contributed by atoms with Crippen LogP contribution in [0.25, 0.3) is 16.9 Å². The number of hydrogen-bond acceptors (Lipinski definition) is 4. The molecular formula is C18H17N5. The predicted molar refractivity (Wildman–Crippen MR) is 92.7 cm³/mol. The van der Waals surface area contributed by atoms with Crippen LogP contribution in [-0.2, 0) is 0 Å². The molecule has 0 saturated carbocycles. The van der Waals surface area contributed by atoms with Gasteiger partial charge in [-0.25, -0.2) is 9.67 Å². The van der Waals surface area contributed by atoms with Crippen LogP contribution in [0, 0.1) is 0 Å². The highest BCUT2D eigenvalue weighted by atomic mass is 15.3. The molecule has 1 aliphatic rings. The van der Waals surface area contributed by atoms with E-state index in [9.17, 15) is 0 Å². The number of rotatable bonds is 2. The number of nitrogens with zero attached hydrogens (tertiary/aromatic N) is 3. The van der Waals surface area contributed by atoms with E-state index in [-0.39, 0.29) is 0 Å². The van der Waals surface area contributed by atoms with E-state index in [2.05, 4.69) is 39.4 Å². The summed E-state index contributed by atoms with van der Waals surface area (Å²) in [6, 6.07) is 12.0. The van der Waals surface area contributed by atoms with Crippen molar-refractivity contribution in [2.75, 3.05) is 17.2 Å². The van der Waals surface area contributed by atoms with Crippen LogP contribution in [0.5, 0.6) is 0 Å². The zero-order chi connectivity index (χ0) is 15.6. The zero-order valence-corrected chi connectivity index (χ0v) is 12.7. The van der Waals surface area contributed by atoms with Gasteiger partial charge in [0, 0.05) is 42.2 Å². The zero-order valence-electron chi connectivity index (χ0n) is 12.7. The molecule has 3 aromatic rings. The molecule has 23 heavy (non-hydrogen) atoms. The lowest BCUT2D eigenvalue weighted by Gasteiger charge is -2.13. The summed E-state index contributed by atoms with van der Waals surface area (Å²) in [5.74, 6) is 0.806. The molecule has 3 heterocycles. The van der Waals surface area contributed by atoms with E-state index < -0.39 is 0 Å². The quantitative estimate of drug-likeness (QED) is 0.758. The second kappa shape index (κ2) is 5.61. The van der Waals surface area contributed by atoms with Crippen LogP contribution in [0.2, 0.25) is 0 Å². The maximum atomic E-state index is 4.44. The van der Waals surface area contributed by atoms with Gasteiger partial charge in [-0.1, -0.05) is 24.8 Å². The monoisotopic (exact) mass is 303 g/mol. The van der Waals surface area contributed by atoms with Crippen LogP contribution in [0.1, 0.15) is 6.42 Å². The predicted octanol–water partition coefficient (Wildman–Crippen LogP) is 3.68. The number of nitrogens with one attached hydrogen (secondary N) is 2. The average Bonchev–Trinajstić information content (AvgIpc) is 2.98. The minimum absolute atomic E-state index is 0.806. The maximum Gasteiger partial charge on any atom is 0.153 e. The highest BCUT2D eigenvalue weighted by Crippen LogP contribution is 2.36. The van der Waals surface area contributed by atoms with Gasteiger partial charge in [-0.15, -0.1) is 0 Å². The molecule has 0 fully saturated rings. The van der Waals surface area contributed by atoms with Crippen LogP contribution >= 0.6 is 0 Å². The summed E-state index contributed by atoms with van der Waals surface area (Å²) < 4.78 is 1.79. The Morgan fingerprint density at radius 1 is 1.13 bits per heavy atom. The lowest BCUT2D eigenvalue weighted by Crippen LogP contribution is -2.00. The van der Waals surface area contributed by atoms with E-state index in [1.165, 1.54) is 0 Å². The van der Waals surface area contributed by atoms with Gasteiger partial charge in [0.2, 0.25) is 0 Å². The highest BCUT2D eigenvalue weighted by Gasteiger charge is 2.15. The fraction of sp³-hybridized carbons (Fsp3) is 0.111. The molecule has 114 valence electrons. The third-order valence-corrected chi connectivity index (χ3v) is 3.88. The molecule has 2 N–H and O–H groups in total. The van der Waals surface area contributed by atoms with Gasteiger partial charge < -0.3 is 10.6 Å². The minimum Gasteiger partial charge on any atom is -0.382 e. The largest absolute Gasteiger partial charge is 0.382 e. The summed E-state index contributed by atoms with van der Waals surface area (Å²) in [6.07, 6.45) is 6.54. The molecule has 1 aromatic carbocycles. The molecule has 5 heteroatoms. The van der Waals surface area contributed by atoms with Crippen molar-refractivity contribution >= 4 is 11.4 Å². The van der Waals surface area contributed by atoms with E-state index in [1.54, 1.807) is 10.9 Å². The number of pyridine rings is 1. The van der Waals surface area contributed by atoms with E-state index >= 15 is 0 Å². The standard InChI is InChI=1S/C18H17N5/c1-13-8-10-20-18-15(5-4-6-16(18)22-13)14-11-21-23(12-14)17-7-2-3-9-19-17/h2-7,9,11-12,20,22H,1,8,10H2. The number of fused-ring (bicyclic) bond motifs is 1. The molecular weight excluding hydrogens is 286 g/mol. The first-order valence-corrected chi connectivity index (χ1v) is 7.59. The Balaban J connectivity index is 1.76. The van der Waals surface area contributed by atoms with Crippen molar-refractivity contribution < 1.29 is 0 Å². The summed E-state index contributed by atoms with van der Waals surface area (Å²) in [5, 5.41) is 11.3. The van der Waals surface area contributed by atoms with Gasteiger partial charge in [-0.2, -0.15) is 5.10 Å². The van der Waals surface area contributed by atoms with Crippen molar-refractivity contribution in [1.29, 1.82) is 0 Å². The van der Waals surface area contributed by atoms with E-state index in [0.717, 1.165) is 47.0 Å².